The summed E-state index contributed by atoms with van der Waals surface area (Å²) in [6.07, 6.45) is 1.73. The summed E-state index contributed by atoms with van der Waals surface area (Å²) in [6.45, 7) is 0.208. The number of sulfonamides is 1. The molecular formula is C13H14Cl2N2O2S. The van der Waals surface area contributed by atoms with Crippen molar-refractivity contribution in [2.75, 3.05) is 13.6 Å². The van der Waals surface area contributed by atoms with Crippen LogP contribution in [-0.4, -0.2) is 32.4 Å². The van der Waals surface area contributed by atoms with Crippen LogP contribution in [0.4, 0.5) is 0 Å². The largest absolute Gasteiger partial charge is 0.320 e. The Labute approximate surface area is 128 Å². The molecule has 2 N–H and O–H groups in total. The van der Waals surface area contributed by atoms with E-state index >= 15 is 0 Å². The number of rotatable bonds is 3. The van der Waals surface area contributed by atoms with Gasteiger partial charge in [-0.05, 0) is 25.0 Å². The average molecular weight is 333 g/mol. The number of hydrogen-bond acceptors (Lipinski definition) is 3. The highest BCUT2D eigenvalue weighted by Gasteiger charge is 2.37. The van der Waals surface area contributed by atoms with Gasteiger partial charge in [0.25, 0.3) is 0 Å². The summed E-state index contributed by atoms with van der Waals surface area (Å²) in [6, 6.07) is 3.02. The summed E-state index contributed by atoms with van der Waals surface area (Å²) in [5.74, 6) is 5.45. The monoisotopic (exact) mass is 332 g/mol. The van der Waals surface area contributed by atoms with Crippen LogP contribution in [0.25, 0.3) is 0 Å². The minimum absolute atomic E-state index is 0.0452. The van der Waals surface area contributed by atoms with Gasteiger partial charge >= 0.3 is 0 Å². The van der Waals surface area contributed by atoms with Crippen molar-refractivity contribution in [2.24, 2.45) is 5.73 Å². The summed E-state index contributed by atoms with van der Waals surface area (Å²) in [5.41, 5.74) is 5.83. The van der Waals surface area contributed by atoms with Crippen LogP contribution in [0, 0.1) is 11.8 Å². The van der Waals surface area contributed by atoms with Gasteiger partial charge in [0, 0.05) is 18.7 Å². The lowest BCUT2D eigenvalue weighted by atomic mass is 10.2. The van der Waals surface area contributed by atoms with E-state index in [1.807, 2.05) is 0 Å². The van der Waals surface area contributed by atoms with Gasteiger partial charge in [-0.15, -0.1) is 0 Å². The van der Waals surface area contributed by atoms with Crippen molar-refractivity contribution in [1.82, 2.24) is 4.31 Å². The first-order valence-corrected chi connectivity index (χ1v) is 8.23. The molecule has 2 rings (SSSR count). The van der Waals surface area contributed by atoms with Crippen LogP contribution in [-0.2, 0) is 10.0 Å². The fraction of sp³-hybridized carbons (Fsp3) is 0.385. The van der Waals surface area contributed by atoms with Gasteiger partial charge in [0.2, 0.25) is 10.0 Å². The highest BCUT2D eigenvalue weighted by atomic mass is 35.5. The number of nitrogens with zero attached hydrogens (tertiary/aromatic N) is 1. The minimum Gasteiger partial charge on any atom is -0.320 e. The van der Waals surface area contributed by atoms with Gasteiger partial charge in [-0.3, -0.25) is 0 Å². The Bertz CT molecular complexity index is 665. The van der Waals surface area contributed by atoms with E-state index in [2.05, 4.69) is 11.8 Å². The molecule has 1 aromatic carbocycles. The molecule has 0 spiro atoms. The van der Waals surface area contributed by atoms with E-state index in [0.717, 1.165) is 12.8 Å². The standard InChI is InChI=1S/C13H14Cl2N2O2S/c1-17(10-4-5-10)20(18,19)13-11(14)7-9(3-2-6-16)8-12(13)15/h7-8,10H,4-6,16H2,1H3. The van der Waals surface area contributed by atoms with E-state index in [9.17, 15) is 8.42 Å². The first kappa shape index (κ1) is 15.6. The number of halogens is 2. The summed E-state index contributed by atoms with van der Waals surface area (Å²) in [7, 11) is -2.13. The van der Waals surface area contributed by atoms with Crippen molar-refractivity contribution in [1.29, 1.82) is 0 Å². The first-order valence-electron chi connectivity index (χ1n) is 6.04. The predicted octanol–water partition coefficient (Wildman–Crippen LogP) is 2.09. The Morgan fingerprint density at radius 3 is 2.35 bits per heavy atom. The summed E-state index contributed by atoms with van der Waals surface area (Å²) in [5, 5.41) is 0.151. The molecule has 0 aliphatic heterocycles. The molecule has 7 heteroatoms. The third-order valence-electron chi connectivity index (χ3n) is 3.03. The Hall–Kier alpha value is -0.770. The average Bonchev–Trinajstić information content (AvgIpc) is 3.18. The molecular weight excluding hydrogens is 319 g/mol. The zero-order valence-electron chi connectivity index (χ0n) is 10.9. The Morgan fingerprint density at radius 2 is 1.90 bits per heavy atom. The fourth-order valence-electron chi connectivity index (χ4n) is 1.81. The van der Waals surface area contributed by atoms with Gasteiger partial charge in [0.15, 0.2) is 0 Å². The third kappa shape index (κ3) is 3.11. The van der Waals surface area contributed by atoms with Crippen LogP contribution in [0.1, 0.15) is 18.4 Å². The second-order valence-electron chi connectivity index (χ2n) is 4.53. The van der Waals surface area contributed by atoms with E-state index in [-0.39, 0.29) is 27.5 Å². The summed E-state index contributed by atoms with van der Waals surface area (Å²) >= 11 is 12.2. The van der Waals surface area contributed by atoms with Crippen LogP contribution in [0.2, 0.25) is 10.0 Å². The summed E-state index contributed by atoms with van der Waals surface area (Å²) in [4.78, 5) is -0.0615. The van der Waals surface area contributed by atoms with Gasteiger partial charge in [-0.2, -0.15) is 4.31 Å². The molecule has 20 heavy (non-hydrogen) atoms. The van der Waals surface area contributed by atoms with E-state index in [1.165, 1.54) is 16.4 Å². The SMILES string of the molecule is CN(C1CC1)S(=O)(=O)c1c(Cl)cc(C#CCN)cc1Cl. The van der Waals surface area contributed by atoms with Crippen LogP contribution >= 0.6 is 23.2 Å². The maximum atomic E-state index is 12.5. The fourth-order valence-corrected chi connectivity index (χ4v) is 4.38. The van der Waals surface area contributed by atoms with E-state index < -0.39 is 10.0 Å². The molecule has 0 atom stereocenters. The van der Waals surface area contributed by atoms with Gasteiger partial charge < -0.3 is 5.73 Å². The number of benzene rings is 1. The van der Waals surface area contributed by atoms with Crippen LogP contribution in [0.15, 0.2) is 17.0 Å². The zero-order chi connectivity index (χ0) is 14.9. The van der Waals surface area contributed by atoms with Gasteiger partial charge in [-0.1, -0.05) is 35.0 Å². The molecule has 1 fully saturated rings. The smallest absolute Gasteiger partial charge is 0.246 e. The quantitative estimate of drug-likeness (QED) is 0.862. The zero-order valence-corrected chi connectivity index (χ0v) is 13.2. The van der Waals surface area contributed by atoms with Gasteiger partial charge in [-0.25, -0.2) is 8.42 Å². The Morgan fingerprint density at radius 1 is 1.35 bits per heavy atom. The number of nitrogens with two attached hydrogens (primary N) is 1. The first-order chi connectivity index (χ1) is 9.37. The molecule has 4 nitrogen and oxygen atoms in total. The van der Waals surface area contributed by atoms with Crippen molar-refractivity contribution >= 4 is 33.2 Å². The molecule has 1 aromatic rings. The minimum atomic E-state index is -3.68. The van der Waals surface area contributed by atoms with Gasteiger partial charge in [0.1, 0.15) is 4.90 Å². The Balaban J connectivity index is 2.47. The molecule has 0 amide bonds. The molecule has 0 aromatic heterocycles. The highest BCUT2D eigenvalue weighted by molar-refractivity contribution is 7.89. The molecule has 0 unspecified atom stereocenters. The Kier molecular flexibility index (Phi) is 4.62. The van der Waals surface area contributed by atoms with Crippen LogP contribution in [0.5, 0.6) is 0 Å². The second kappa shape index (κ2) is 5.92. The van der Waals surface area contributed by atoms with Crippen LogP contribution < -0.4 is 5.73 Å². The third-order valence-corrected chi connectivity index (χ3v) is 5.86. The lowest BCUT2D eigenvalue weighted by Crippen LogP contribution is -2.29. The van der Waals surface area contributed by atoms with Crippen molar-refractivity contribution in [3.05, 3.63) is 27.7 Å². The molecule has 0 bridgehead atoms. The molecule has 1 saturated carbocycles. The highest BCUT2D eigenvalue weighted by Crippen LogP contribution is 2.36. The van der Waals surface area contributed by atoms with Crippen molar-refractivity contribution in [3.63, 3.8) is 0 Å². The van der Waals surface area contributed by atoms with Crippen molar-refractivity contribution in [2.45, 2.75) is 23.8 Å². The van der Waals surface area contributed by atoms with Crippen LogP contribution in [0.3, 0.4) is 0 Å². The number of hydrogen-bond donors (Lipinski definition) is 1. The van der Waals surface area contributed by atoms with Crippen molar-refractivity contribution < 1.29 is 8.42 Å². The lowest BCUT2D eigenvalue weighted by molar-refractivity contribution is 0.464. The normalized spacial score (nSPS) is 15.1. The molecule has 0 heterocycles. The topological polar surface area (TPSA) is 63.4 Å². The molecule has 0 saturated heterocycles. The maximum absolute atomic E-state index is 12.5. The lowest BCUT2D eigenvalue weighted by Gasteiger charge is -2.18. The maximum Gasteiger partial charge on any atom is 0.246 e. The molecule has 1 aliphatic rings. The van der Waals surface area contributed by atoms with E-state index in [4.69, 9.17) is 28.9 Å². The van der Waals surface area contributed by atoms with E-state index in [0.29, 0.717) is 5.56 Å². The van der Waals surface area contributed by atoms with Gasteiger partial charge in [0.05, 0.1) is 16.6 Å². The molecule has 1 aliphatic carbocycles. The van der Waals surface area contributed by atoms with E-state index in [1.54, 1.807) is 7.05 Å². The summed E-state index contributed by atoms with van der Waals surface area (Å²) < 4.78 is 26.3. The van der Waals surface area contributed by atoms with Crippen molar-refractivity contribution in [3.8, 4) is 11.8 Å². The molecule has 108 valence electrons. The molecule has 0 radical (unpaired) electrons. The predicted molar refractivity (Wildman–Crippen MR) is 80.4 cm³/mol. The second-order valence-corrected chi connectivity index (χ2v) is 7.28.